The van der Waals surface area contributed by atoms with Crippen LogP contribution < -0.4 is 5.32 Å². The monoisotopic (exact) mass is 264 g/mol. The summed E-state index contributed by atoms with van der Waals surface area (Å²) in [6.45, 7) is 11.1. The highest BCUT2D eigenvalue weighted by atomic mass is 16.3. The van der Waals surface area contributed by atoms with Crippen molar-refractivity contribution >= 4 is 0 Å². The fourth-order valence-electron chi connectivity index (χ4n) is 2.13. The van der Waals surface area contributed by atoms with E-state index in [2.05, 4.69) is 51.0 Å². The molecule has 0 saturated heterocycles. The predicted molar refractivity (Wildman–Crippen MR) is 79.9 cm³/mol. The quantitative estimate of drug-likeness (QED) is 0.795. The Kier molecular flexibility index (Phi) is 5.95. The minimum atomic E-state index is 0.0939. The van der Waals surface area contributed by atoms with Crippen LogP contribution in [0.2, 0.25) is 0 Å². The summed E-state index contributed by atoms with van der Waals surface area (Å²) >= 11 is 0. The summed E-state index contributed by atoms with van der Waals surface area (Å²) in [6.07, 6.45) is 2.89. The van der Waals surface area contributed by atoms with E-state index >= 15 is 0 Å². The van der Waals surface area contributed by atoms with Gasteiger partial charge in [0.2, 0.25) is 0 Å². The molecule has 3 heteroatoms. The molecule has 1 aromatic rings. The van der Waals surface area contributed by atoms with Crippen LogP contribution in [0.3, 0.4) is 0 Å². The molecule has 2 atom stereocenters. The second kappa shape index (κ2) is 7.01. The lowest BCUT2D eigenvalue weighted by atomic mass is 9.79. The summed E-state index contributed by atoms with van der Waals surface area (Å²) in [4.78, 5) is 4.50. The molecule has 1 aromatic heterocycles. The van der Waals surface area contributed by atoms with Gasteiger partial charge in [0.25, 0.3) is 0 Å². The van der Waals surface area contributed by atoms with E-state index < -0.39 is 0 Å². The molecule has 0 aliphatic rings. The van der Waals surface area contributed by atoms with Crippen LogP contribution in [0.1, 0.15) is 52.8 Å². The van der Waals surface area contributed by atoms with Gasteiger partial charge in [-0.3, -0.25) is 4.98 Å². The third kappa shape index (κ3) is 4.29. The van der Waals surface area contributed by atoms with Crippen LogP contribution in [0.5, 0.6) is 0 Å². The second-order valence-corrected chi connectivity index (χ2v) is 6.23. The lowest BCUT2D eigenvalue weighted by Crippen LogP contribution is -2.45. The minimum Gasteiger partial charge on any atom is -0.395 e. The summed E-state index contributed by atoms with van der Waals surface area (Å²) in [5.74, 6) is 0.392. The number of aliphatic hydroxyl groups is 1. The Labute approximate surface area is 117 Å². The van der Waals surface area contributed by atoms with Gasteiger partial charge in [0.1, 0.15) is 0 Å². The fourth-order valence-corrected chi connectivity index (χ4v) is 2.13. The largest absolute Gasteiger partial charge is 0.395 e. The molecule has 0 spiro atoms. The van der Waals surface area contributed by atoms with Crippen molar-refractivity contribution < 1.29 is 5.11 Å². The maximum absolute atomic E-state index is 9.55. The molecule has 0 saturated carbocycles. The lowest BCUT2D eigenvalue weighted by molar-refractivity contribution is 0.150. The average molecular weight is 264 g/mol. The Balaban J connectivity index is 3.00. The normalized spacial score (nSPS) is 15.5. The van der Waals surface area contributed by atoms with Crippen LogP contribution >= 0.6 is 0 Å². The van der Waals surface area contributed by atoms with E-state index in [1.807, 2.05) is 18.3 Å². The van der Waals surface area contributed by atoms with Gasteiger partial charge in [-0.25, -0.2) is 0 Å². The molecular weight excluding hydrogens is 236 g/mol. The molecule has 0 fully saturated rings. The van der Waals surface area contributed by atoms with Gasteiger partial charge >= 0.3 is 0 Å². The zero-order valence-electron chi connectivity index (χ0n) is 12.9. The van der Waals surface area contributed by atoms with E-state index in [1.54, 1.807) is 0 Å². The van der Waals surface area contributed by atoms with Crippen molar-refractivity contribution in [3.05, 3.63) is 30.1 Å². The number of aromatic nitrogens is 1. The number of aliphatic hydroxyl groups excluding tert-OH is 1. The number of rotatable bonds is 7. The number of nitrogens with one attached hydrogen (secondary N) is 1. The van der Waals surface area contributed by atoms with Gasteiger partial charge in [-0.05, 0) is 29.9 Å². The highest BCUT2D eigenvalue weighted by Gasteiger charge is 2.32. The zero-order valence-corrected chi connectivity index (χ0v) is 12.9. The SMILES string of the molecule is CCC(C)(C)[C@H](N[C@H](CO)C(C)C)c1ccccn1. The van der Waals surface area contributed by atoms with Crippen molar-refractivity contribution in [1.29, 1.82) is 0 Å². The molecular formula is C16H28N2O. The van der Waals surface area contributed by atoms with E-state index in [9.17, 15) is 5.11 Å². The third-order valence-corrected chi connectivity index (χ3v) is 4.06. The molecule has 3 nitrogen and oxygen atoms in total. The van der Waals surface area contributed by atoms with Crippen LogP contribution in [0, 0.1) is 11.3 Å². The van der Waals surface area contributed by atoms with Gasteiger partial charge in [0.15, 0.2) is 0 Å². The molecule has 19 heavy (non-hydrogen) atoms. The van der Waals surface area contributed by atoms with Gasteiger partial charge in [-0.1, -0.05) is 40.7 Å². The van der Waals surface area contributed by atoms with E-state index in [4.69, 9.17) is 0 Å². The van der Waals surface area contributed by atoms with Crippen molar-refractivity contribution in [1.82, 2.24) is 10.3 Å². The maximum atomic E-state index is 9.55. The molecule has 2 N–H and O–H groups in total. The molecule has 0 aromatic carbocycles. The van der Waals surface area contributed by atoms with Crippen LogP contribution in [-0.2, 0) is 0 Å². The summed E-state index contributed by atoms with van der Waals surface area (Å²) in [7, 11) is 0. The van der Waals surface area contributed by atoms with E-state index in [0.717, 1.165) is 12.1 Å². The van der Waals surface area contributed by atoms with Gasteiger partial charge in [-0.2, -0.15) is 0 Å². The Morgan fingerprint density at radius 3 is 2.42 bits per heavy atom. The first-order valence-corrected chi connectivity index (χ1v) is 7.20. The first kappa shape index (κ1) is 16.1. The molecule has 0 aliphatic carbocycles. The molecule has 0 unspecified atom stereocenters. The van der Waals surface area contributed by atoms with Crippen LogP contribution in [0.25, 0.3) is 0 Å². The Morgan fingerprint density at radius 1 is 1.32 bits per heavy atom. The first-order valence-electron chi connectivity index (χ1n) is 7.20. The molecule has 0 amide bonds. The summed E-state index contributed by atoms with van der Waals surface area (Å²) < 4.78 is 0. The first-order chi connectivity index (χ1) is 8.92. The number of hydrogen-bond acceptors (Lipinski definition) is 3. The predicted octanol–water partition coefficient (Wildman–Crippen LogP) is 3.17. The molecule has 0 radical (unpaired) electrons. The highest BCUT2D eigenvalue weighted by Crippen LogP contribution is 2.36. The third-order valence-electron chi connectivity index (χ3n) is 4.06. The lowest BCUT2D eigenvalue weighted by Gasteiger charge is -2.37. The average Bonchev–Trinajstić information content (AvgIpc) is 2.40. The Morgan fingerprint density at radius 2 is 2.00 bits per heavy atom. The summed E-state index contributed by atoms with van der Waals surface area (Å²) in [5.41, 5.74) is 1.14. The highest BCUT2D eigenvalue weighted by molar-refractivity contribution is 5.12. The number of pyridine rings is 1. The fraction of sp³-hybridized carbons (Fsp3) is 0.688. The van der Waals surface area contributed by atoms with Crippen LogP contribution in [0.4, 0.5) is 0 Å². The van der Waals surface area contributed by atoms with Crippen LogP contribution in [-0.4, -0.2) is 22.7 Å². The van der Waals surface area contributed by atoms with Crippen molar-refractivity contribution in [3.8, 4) is 0 Å². The molecule has 0 aliphatic heterocycles. The molecule has 1 heterocycles. The molecule has 1 rings (SSSR count). The van der Waals surface area contributed by atoms with Crippen molar-refractivity contribution in [2.24, 2.45) is 11.3 Å². The van der Waals surface area contributed by atoms with Crippen molar-refractivity contribution in [2.45, 2.75) is 53.1 Å². The maximum Gasteiger partial charge on any atom is 0.0587 e. The Hall–Kier alpha value is -0.930. The minimum absolute atomic E-state index is 0.0939. The number of hydrogen-bond donors (Lipinski definition) is 2. The standard InChI is InChI=1S/C16H28N2O/c1-6-16(4,5)15(13-9-7-8-10-17-13)18-14(11-19)12(2)3/h7-10,12,14-15,18-19H,6,11H2,1-5H3/t14-,15-/m1/s1. The Bertz CT molecular complexity index is 362. The van der Waals surface area contributed by atoms with Gasteiger partial charge in [0, 0.05) is 12.2 Å². The van der Waals surface area contributed by atoms with Gasteiger partial charge < -0.3 is 10.4 Å². The summed E-state index contributed by atoms with van der Waals surface area (Å²) in [6, 6.07) is 6.26. The van der Waals surface area contributed by atoms with Crippen molar-refractivity contribution in [2.75, 3.05) is 6.61 Å². The zero-order chi connectivity index (χ0) is 14.5. The molecule has 0 bridgehead atoms. The van der Waals surface area contributed by atoms with E-state index in [0.29, 0.717) is 5.92 Å². The van der Waals surface area contributed by atoms with Crippen LogP contribution in [0.15, 0.2) is 24.4 Å². The molecule has 108 valence electrons. The number of nitrogens with zero attached hydrogens (tertiary/aromatic N) is 1. The van der Waals surface area contributed by atoms with Gasteiger partial charge in [-0.15, -0.1) is 0 Å². The topological polar surface area (TPSA) is 45.1 Å². The smallest absolute Gasteiger partial charge is 0.0587 e. The summed E-state index contributed by atoms with van der Waals surface area (Å²) in [5, 5.41) is 13.1. The van der Waals surface area contributed by atoms with E-state index in [1.165, 1.54) is 0 Å². The van der Waals surface area contributed by atoms with E-state index in [-0.39, 0.29) is 24.1 Å². The second-order valence-electron chi connectivity index (χ2n) is 6.23. The van der Waals surface area contributed by atoms with Crippen molar-refractivity contribution in [3.63, 3.8) is 0 Å². The van der Waals surface area contributed by atoms with Gasteiger partial charge in [0.05, 0.1) is 18.3 Å².